The SMILES string of the molecule is Clc1cc(NCc2cccc(OCc3c(Cl)cccc3Cl)c2)ccc1N1CCOCC1. The zero-order valence-corrected chi connectivity index (χ0v) is 19.2. The average Bonchev–Trinajstić information content (AvgIpc) is 2.78. The fraction of sp³-hybridized carbons (Fsp3) is 0.250. The van der Waals surface area contributed by atoms with E-state index in [1.807, 2.05) is 48.5 Å². The van der Waals surface area contributed by atoms with Crippen molar-refractivity contribution >= 4 is 46.2 Å². The van der Waals surface area contributed by atoms with Crippen LogP contribution in [0.15, 0.2) is 60.7 Å². The number of nitrogens with one attached hydrogen (secondary N) is 1. The molecule has 0 aliphatic carbocycles. The quantitative estimate of drug-likeness (QED) is 0.412. The van der Waals surface area contributed by atoms with Crippen molar-refractivity contribution in [2.24, 2.45) is 0 Å². The van der Waals surface area contributed by atoms with Crippen LogP contribution in [0.3, 0.4) is 0 Å². The predicted octanol–water partition coefficient (Wildman–Crippen LogP) is 6.67. The molecule has 31 heavy (non-hydrogen) atoms. The van der Waals surface area contributed by atoms with Crippen LogP contribution in [0.25, 0.3) is 0 Å². The molecule has 0 amide bonds. The van der Waals surface area contributed by atoms with E-state index in [0.717, 1.165) is 59.6 Å². The van der Waals surface area contributed by atoms with Gasteiger partial charge in [-0.05, 0) is 48.0 Å². The molecule has 0 spiro atoms. The number of rotatable bonds is 7. The molecular formula is C24H23Cl3N2O2. The monoisotopic (exact) mass is 476 g/mol. The fourth-order valence-electron chi connectivity index (χ4n) is 3.45. The van der Waals surface area contributed by atoms with Crippen LogP contribution >= 0.6 is 34.8 Å². The van der Waals surface area contributed by atoms with Gasteiger partial charge in [0.1, 0.15) is 12.4 Å². The number of nitrogens with zero attached hydrogens (tertiary/aromatic N) is 1. The van der Waals surface area contributed by atoms with Crippen molar-refractivity contribution in [3.05, 3.63) is 86.9 Å². The van der Waals surface area contributed by atoms with E-state index < -0.39 is 0 Å². The minimum Gasteiger partial charge on any atom is -0.489 e. The number of ether oxygens (including phenoxy) is 2. The van der Waals surface area contributed by atoms with Crippen LogP contribution in [-0.2, 0) is 17.9 Å². The summed E-state index contributed by atoms with van der Waals surface area (Å²) in [7, 11) is 0. The van der Waals surface area contributed by atoms with Crippen molar-refractivity contribution in [1.29, 1.82) is 0 Å². The van der Waals surface area contributed by atoms with E-state index in [4.69, 9.17) is 44.3 Å². The van der Waals surface area contributed by atoms with Gasteiger partial charge in [0.25, 0.3) is 0 Å². The van der Waals surface area contributed by atoms with E-state index in [0.29, 0.717) is 23.2 Å². The Balaban J connectivity index is 1.36. The van der Waals surface area contributed by atoms with Crippen LogP contribution in [0.5, 0.6) is 5.75 Å². The number of benzene rings is 3. The van der Waals surface area contributed by atoms with Gasteiger partial charge in [0.2, 0.25) is 0 Å². The third-order valence-corrected chi connectivity index (χ3v) is 6.15. The Hall–Kier alpha value is -2.11. The van der Waals surface area contributed by atoms with Crippen molar-refractivity contribution in [3.8, 4) is 5.75 Å². The molecule has 3 aromatic rings. The molecule has 4 rings (SSSR count). The van der Waals surface area contributed by atoms with Crippen LogP contribution in [0, 0.1) is 0 Å². The van der Waals surface area contributed by atoms with Gasteiger partial charge in [-0.1, -0.05) is 53.0 Å². The van der Waals surface area contributed by atoms with Gasteiger partial charge < -0.3 is 19.7 Å². The first kappa shape index (κ1) is 22.1. The number of hydrogen-bond donors (Lipinski definition) is 1. The summed E-state index contributed by atoms with van der Waals surface area (Å²) in [6.45, 7) is 4.15. The molecule has 0 saturated carbocycles. The summed E-state index contributed by atoms with van der Waals surface area (Å²) in [6.07, 6.45) is 0. The normalized spacial score (nSPS) is 13.8. The summed E-state index contributed by atoms with van der Waals surface area (Å²) in [4.78, 5) is 2.25. The van der Waals surface area contributed by atoms with E-state index in [9.17, 15) is 0 Å². The summed E-state index contributed by atoms with van der Waals surface area (Å²) < 4.78 is 11.3. The number of anilines is 2. The van der Waals surface area contributed by atoms with Gasteiger partial charge in [0.15, 0.2) is 0 Å². The van der Waals surface area contributed by atoms with Gasteiger partial charge in [-0.3, -0.25) is 0 Å². The van der Waals surface area contributed by atoms with Gasteiger partial charge in [-0.15, -0.1) is 0 Å². The highest BCUT2D eigenvalue weighted by Gasteiger charge is 2.14. The third-order valence-electron chi connectivity index (χ3n) is 5.14. The zero-order valence-electron chi connectivity index (χ0n) is 16.9. The third kappa shape index (κ3) is 5.78. The lowest BCUT2D eigenvalue weighted by molar-refractivity contribution is 0.122. The maximum absolute atomic E-state index is 6.53. The summed E-state index contributed by atoms with van der Waals surface area (Å²) in [5, 5.41) is 5.36. The average molecular weight is 478 g/mol. The molecular weight excluding hydrogens is 455 g/mol. The van der Waals surface area contributed by atoms with E-state index in [1.165, 1.54) is 0 Å². The van der Waals surface area contributed by atoms with Crippen LogP contribution in [-0.4, -0.2) is 26.3 Å². The summed E-state index contributed by atoms with van der Waals surface area (Å²) in [6, 6.07) is 19.4. The number of halogens is 3. The maximum Gasteiger partial charge on any atom is 0.120 e. The number of morpholine rings is 1. The lowest BCUT2D eigenvalue weighted by Gasteiger charge is -2.29. The van der Waals surface area contributed by atoms with Gasteiger partial charge in [0.05, 0.1) is 23.9 Å². The van der Waals surface area contributed by atoms with Crippen molar-refractivity contribution in [1.82, 2.24) is 0 Å². The zero-order chi connectivity index (χ0) is 21.6. The highest BCUT2D eigenvalue weighted by atomic mass is 35.5. The van der Waals surface area contributed by atoms with E-state index >= 15 is 0 Å². The molecule has 0 atom stereocenters. The second-order valence-electron chi connectivity index (χ2n) is 7.26. The molecule has 1 aliphatic heterocycles. The highest BCUT2D eigenvalue weighted by molar-refractivity contribution is 6.36. The van der Waals surface area contributed by atoms with Crippen molar-refractivity contribution in [2.75, 3.05) is 36.5 Å². The summed E-state index contributed by atoms with van der Waals surface area (Å²) >= 11 is 19.0. The second-order valence-corrected chi connectivity index (χ2v) is 8.48. The lowest BCUT2D eigenvalue weighted by Crippen LogP contribution is -2.36. The topological polar surface area (TPSA) is 33.7 Å². The Morgan fingerprint density at radius 1 is 0.871 bits per heavy atom. The molecule has 0 bridgehead atoms. The number of hydrogen-bond acceptors (Lipinski definition) is 4. The van der Waals surface area contributed by atoms with Crippen LogP contribution in [0.2, 0.25) is 15.1 Å². The Morgan fingerprint density at radius 3 is 2.35 bits per heavy atom. The summed E-state index contributed by atoms with van der Waals surface area (Å²) in [5.41, 5.74) is 3.89. The molecule has 3 aromatic carbocycles. The minimum absolute atomic E-state index is 0.313. The van der Waals surface area contributed by atoms with Gasteiger partial charge in [-0.25, -0.2) is 0 Å². The van der Waals surface area contributed by atoms with E-state index in [1.54, 1.807) is 0 Å². The highest BCUT2D eigenvalue weighted by Crippen LogP contribution is 2.30. The molecule has 0 unspecified atom stereocenters. The fourth-order valence-corrected chi connectivity index (χ4v) is 4.26. The molecule has 7 heteroatoms. The first-order valence-electron chi connectivity index (χ1n) is 10.1. The minimum atomic E-state index is 0.313. The Labute approximate surface area is 197 Å². The lowest BCUT2D eigenvalue weighted by atomic mass is 10.2. The van der Waals surface area contributed by atoms with Crippen molar-refractivity contribution < 1.29 is 9.47 Å². The van der Waals surface area contributed by atoms with Crippen molar-refractivity contribution in [2.45, 2.75) is 13.2 Å². The standard InChI is InChI=1S/C24H23Cl3N2O2/c25-21-5-2-6-22(26)20(21)16-31-19-4-1-3-17(13-19)15-28-18-7-8-24(23(27)14-18)29-9-11-30-12-10-29/h1-8,13-14,28H,9-12,15-16H2. The van der Waals surface area contributed by atoms with Crippen molar-refractivity contribution in [3.63, 3.8) is 0 Å². The van der Waals surface area contributed by atoms with E-state index in [2.05, 4.69) is 22.3 Å². The Morgan fingerprint density at radius 2 is 1.61 bits per heavy atom. The molecule has 4 nitrogen and oxygen atoms in total. The first-order chi connectivity index (χ1) is 15.1. The van der Waals surface area contributed by atoms with Crippen LogP contribution in [0.4, 0.5) is 11.4 Å². The molecule has 1 N–H and O–H groups in total. The Kier molecular flexibility index (Phi) is 7.46. The predicted molar refractivity (Wildman–Crippen MR) is 129 cm³/mol. The summed E-state index contributed by atoms with van der Waals surface area (Å²) in [5.74, 6) is 0.760. The van der Waals surface area contributed by atoms with Gasteiger partial charge in [-0.2, -0.15) is 0 Å². The van der Waals surface area contributed by atoms with Crippen LogP contribution < -0.4 is 15.0 Å². The molecule has 0 radical (unpaired) electrons. The first-order valence-corrected chi connectivity index (χ1v) is 11.2. The molecule has 1 aliphatic rings. The van der Waals surface area contributed by atoms with Crippen LogP contribution in [0.1, 0.15) is 11.1 Å². The largest absolute Gasteiger partial charge is 0.489 e. The molecule has 1 heterocycles. The van der Waals surface area contributed by atoms with Gasteiger partial charge >= 0.3 is 0 Å². The smallest absolute Gasteiger partial charge is 0.120 e. The second kappa shape index (κ2) is 10.5. The Bertz CT molecular complexity index is 1020. The van der Waals surface area contributed by atoms with E-state index in [-0.39, 0.29) is 0 Å². The molecule has 1 saturated heterocycles. The molecule has 0 aromatic heterocycles. The van der Waals surface area contributed by atoms with Gasteiger partial charge in [0, 0.05) is 40.9 Å². The molecule has 1 fully saturated rings. The molecule has 162 valence electrons. The maximum atomic E-state index is 6.53.